The molecule has 2 heterocycles. The van der Waals surface area contributed by atoms with Gasteiger partial charge in [0.2, 0.25) is 0 Å². The van der Waals surface area contributed by atoms with E-state index in [0.717, 1.165) is 17.0 Å². The first-order chi connectivity index (χ1) is 9.15. The van der Waals surface area contributed by atoms with E-state index in [4.69, 9.17) is 5.73 Å². The molecule has 6 nitrogen and oxygen atoms in total. The van der Waals surface area contributed by atoms with Gasteiger partial charge in [-0.2, -0.15) is 0 Å². The summed E-state index contributed by atoms with van der Waals surface area (Å²) in [5, 5.41) is 7.08. The molecule has 0 saturated heterocycles. The maximum Gasteiger partial charge on any atom is 0.343 e. The van der Waals surface area contributed by atoms with E-state index in [0.29, 0.717) is 11.7 Å². The summed E-state index contributed by atoms with van der Waals surface area (Å²) in [6, 6.07) is 3.83. The SMILES string of the molecule is CCC(N)c1ccc(Sc2n[nH]c(=O)n2CC)cn1. The van der Waals surface area contributed by atoms with Crippen LogP contribution in [0.15, 0.2) is 33.2 Å². The molecule has 0 aliphatic carbocycles. The summed E-state index contributed by atoms with van der Waals surface area (Å²) in [7, 11) is 0. The van der Waals surface area contributed by atoms with E-state index in [2.05, 4.69) is 15.2 Å². The average Bonchev–Trinajstić information content (AvgIpc) is 2.79. The Morgan fingerprint density at radius 2 is 2.26 bits per heavy atom. The molecule has 7 heteroatoms. The highest BCUT2D eigenvalue weighted by Crippen LogP contribution is 2.25. The molecule has 0 saturated carbocycles. The minimum absolute atomic E-state index is 0.0294. The Kier molecular flexibility index (Phi) is 4.39. The van der Waals surface area contributed by atoms with Crippen LogP contribution in [-0.2, 0) is 6.54 Å². The quantitative estimate of drug-likeness (QED) is 0.866. The van der Waals surface area contributed by atoms with Crippen molar-refractivity contribution >= 4 is 11.8 Å². The van der Waals surface area contributed by atoms with Crippen molar-refractivity contribution in [3.05, 3.63) is 34.5 Å². The topological polar surface area (TPSA) is 89.6 Å². The Bertz CT molecular complexity index is 589. The zero-order valence-electron chi connectivity index (χ0n) is 11.0. The summed E-state index contributed by atoms with van der Waals surface area (Å²) >= 11 is 1.40. The van der Waals surface area contributed by atoms with Gasteiger partial charge in [0, 0.05) is 23.7 Å². The van der Waals surface area contributed by atoms with Gasteiger partial charge >= 0.3 is 5.69 Å². The Balaban J connectivity index is 2.17. The molecule has 1 atom stereocenters. The largest absolute Gasteiger partial charge is 0.343 e. The molecular formula is C12H17N5OS. The molecule has 0 amide bonds. The highest BCUT2D eigenvalue weighted by molar-refractivity contribution is 7.99. The van der Waals surface area contributed by atoms with Crippen molar-refractivity contribution in [3.8, 4) is 0 Å². The Morgan fingerprint density at radius 1 is 1.47 bits per heavy atom. The molecule has 1 unspecified atom stereocenters. The molecule has 2 rings (SSSR count). The predicted molar refractivity (Wildman–Crippen MR) is 74.1 cm³/mol. The Morgan fingerprint density at radius 3 is 2.84 bits per heavy atom. The molecule has 19 heavy (non-hydrogen) atoms. The molecule has 0 radical (unpaired) electrons. The molecular weight excluding hydrogens is 262 g/mol. The van der Waals surface area contributed by atoms with Crippen LogP contribution < -0.4 is 11.4 Å². The molecule has 0 fully saturated rings. The van der Waals surface area contributed by atoms with Crippen molar-refractivity contribution in [1.82, 2.24) is 19.7 Å². The standard InChI is InChI=1S/C12H17N5OS/c1-3-9(13)10-6-5-8(7-14-10)19-12-16-15-11(18)17(12)4-2/h5-7,9H,3-4,13H2,1-2H3,(H,15,18). The molecule has 102 valence electrons. The van der Waals surface area contributed by atoms with Gasteiger partial charge < -0.3 is 5.73 Å². The molecule has 0 aliphatic rings. The smallest absolute Gasteiger partial charge is 0.323 e. The van der Waals surface area contributed by atoms with Crippen molar-refractivity contribution in [2.45, 2.75) is 42.9 Å². The van der Waals surface area contributed by atoms with Crippen molar-refractivity contribution in [1.29, 1.82) is 0 Å². The molecule has 0 bridgehead atoms. The van der Waals surface area contributed by atoms with Crippen molar-refractivity contribution < 1.29 is 0 Å². The van der Waals surface area contributed by atoms with Gasteiger partial charge in [0.05, 0.1) is 5.69 Å². The van der Waals surface area contributed by atoms with E-state index in [-0.39, 0.29) is 11.7 Å². The minimum atomic E-state index is -0.192. The third kappa shape index (κ3) is 3.05. The number of aromatic nitrogens is 4. The molecule has 2 aromatic heterocycles. The van der Waals surface area contributed by atoms with Gasteiger partial charge in [-0.05, 0) is 37.2 Å². The number of rotatable bonds is 5. The number of hydrogen-bond acceptors (Lipinski definition) is 5. The first kappa shape index (κ1) is 13.8. The summed E-state index contributed by atoms with van der Waals surface area (Å²) in [5.41, 5.74) is 6.60. The number of aromatic amines is 1. The number of H-pyrrole nitrogens is 1. The fraction of sp³-hybridized carbons (Fsp3) is 0.417. The second-order valence-corrected chi connectivity index (χ2v) is 5.13. The average molecular weight is 279 g/mol. The zero-order chi connectivity index (χ0) is 13.8. The minimum Gasteiger partial charge on any atom is -0.323 e. The molecule has 0 aliphatic heterocycles. The van der Waals surface area contributed by atoms with Crippen LogP contribution in [0.4, 0.5) is 0 Å². The number of pyridine rings is 1. The molecule has 0 aromatic carbocycles. The van der Waals surface area contributed by atoms with Crippen LogP contribution in [0.1, 0.15) is 32.0 Å². The lowest BCUT2D eigenvalue weighted by molar-refractivity contribution is 0.660. The Labute approximate surface area is 115 Å². The van der Waals surface area contributed by atoms with Gasteiger partial charge in [-0.25, -0.2) is 9.89 Å². The third-order valence-electron chi connectivity index (χ3n) is 2.83. The van der Waals surface area contributed by atoms with E-state index >= 15 is 0 Å². The van der Waals surface area contributed by atoms with Crippen LogP contribution in [0, 0.1) is 0 Å². The van der Waals surface area contributed by atoms with Crippen molar-refractivity contribution in [2.24, 2.45) is 5.73 Å². The number of nitrogens with zero attached hydrogens (tertiary/aromatic N) is 3. The third-order valence-corrected chi connectivity index (χ3v) is 3.80. The van der Waals surface area contributed by atoms with Crippen LogP contribution in [-0.4, -0.2) is 19.7 Å². The number of hydrogen-bond donors (Lipinski definition) is 2. The van der Waals surface area contributed by atoms with Crippen molar-refractivity contribution in [3.63, 3.8) is 0 Å². The lowest BCUT2D eigenvalue weighted by Gasteiger charge is -2.08. The van der Waals surface area contributed by atoms with Crippen LogP contribution >= 0.6 is 11.8 Å². The van der Waals surface area contributed by atoms with E-state index in [1.165, 1.54) is 11.8 Å². The lowest BCUT2D eigenvalue weighted by atomic mass is 10.1. The maximum atomic E-state index is 11.4. The highest BCUT2D eigenvalue weighted by Gasteiger charge is 2.09. The predicted octanol–water partition coefficient (Wildman–Crippen LogP) is 1.55. The summed E-state index contributed by atoms with van der Waals surface area (Å²) in [5.74, 6) is 0. The van der Waals surface area contributed by atoms with Gasteiger partial charge in [-0.15, -0.1) is 5.10 Å². The van der Waals surface area contributed by atoms with E-state index < -0.39 is 0 Å². The molecule has 2 aromatic rings. The normalized spacial score (nSPS) is 12.6. The summed E-state index contributed by atoms with van der Waals surface area (Å²) < 4.78 is 1.58. The summed E-state index contributed by atoms with van der Waals surface area (Å²) in [4.78, 5) is 16.7. The maximum absolute atomic E-state index is 11.4. The van der Waals surface area contributed by atoms with Crippen LogP contribution in [0.2, 0.25) is 0 Å². The monoisotopic (exact) mass is 279 g/mol. The highest BCUT2D eigenvalue weighted by atomic mass is 32.2. The first-order valence-electron chi connectivity index (χ1n) is 6.20. The Hall–Kier alpha value is -1.60. The first-order valence-corrected chi connectivity index (χ1v) is 7.02. The fourth-order valence-electron chi connectivity index (χ4n) is 1.65. The second-order valence-electron chi connectivity index (χ2n) is 4.09. The number of nitrogens with two attached hydrogens (primary N) is 1. The number of nitrogens with one attached hydrogen (secondary N) is 1. The van der Waals surface area contributed by atoms with Gasteiger partial charge in [-0.1, -0.05) is 6.92 Å². The van der Waals surface area contributed by atoms with E-state index in [1.54, 1.807) is 10.8 Å². The summed E-state index contributed by atoms with van der Waals surface area (Å²) in [6.07, 6.45) is 2.61. The lowest BCUT2D eigenvalue weighted by Crippen LogP contribution is -2.16. The van der Waals surface area contributed by atoms with Gasteiger partial charge in [0.15, 0.2) is 5.16 Å². The van der Waals surface area contributed by atoms with Gasteiger partial charge in [-0.3, -0.25) is 9.55 Å². The van der Waals surface area contributed by atoms with Crippen molar-refractivity contribution in [2.75, 3.05) is 0 Å². The zero-order valence-corrected chi connectivity index (χ0v) is 11.8. The van der Waals surface area contributed by atoms with E-state index in [1.807, 2.05) is 26.0 Å². The van der Waals surface area contributed by atoms with Crippen LogP contribution in [0.25, 0.3) is 0 Å². The van der Waals surface area contributed by atoms with Crippen LogP contribution in [0.5, 0.6) is 0 Å². The van der Waals surface area contributed by atoms with Gasteiger partial charge in [0.25, 0.3) is 0 Å². The molecule has 0 spiro atoms. The van der Waals surface area contributed by atoms with Crippen LogP contribution in [0.3, 0.4) is 0 Å². The van der Waals surface area contributed by atoms with E-state index in [9.17, 15) is 4.79 Å². The summed E-state index contributed by atoms with van der Waals surface area (Å²) in [6.45, 7) is 4.52. The second kappa shape index (κ2) is 6.03. The van der Waals surface area contributed by atoms with Gasteiger partial charge in [0.1, 0.15) is 0 Å². The fourth-order valence-corrected chi connectivity index (χ4v) is 2.51. The molecule has 3 N–H and O–H groups in total.